The molecule has 5 nitrogen and oxygen atoms in total. The lowest BCUT2D eigenvalue weighted by Gasteiger charge is -2.17. The molecule has 1 N–H and O–H groups in total. The Morgan fingerprint density at radius 3 is 2.63 bits per heavy atom. The van der Waals surface area contributed by atoms with Gasteiger partial charge in [-0.1, -0.05) is 30.0 Å². The molecule has 1 saturated heterocycles. The molecule has 2 atom stereocenters. The molecule has 1 aliphatic rings. The third-order valence-electron chi connectivity index (χ3n) is 4.12. The first-order valence-electron chi connectivity index (χ1n) is 8.29. The highest BCUT2D eigenvalue weighted by molar-refractivity contribution is 5.71. The van der Waals surface area contributed by atoms with Gasteiger partial charge in [-0.15, -0.1) is 0 Å². The van der Waals surface area contributed by atoms with Crippen molar-refractivity contribution in [1.29, 1.82) is 0 Å². The Bertz CT molecular complexity index is 1040. The zero-order valence-electron chi connectivity index (χ0n) is 14.1. The van der Waals surface area contributed by atoms with E-state index in [4.69, 9.17) is 4.74 Å². The highest BCUT2D eigenvalue weighted by Crippen LogP contribution is 2.36. The van der Waals surface area contributed by atoms with Gasteiger partial charge in [0.1, 0.15) is 5.82 Å². The monoisotopic (exact) mass is 359 g/mol. The van der Waals surface area contributed by atoms with Crippen LogP contribution in [0.25, 0.3) is 0 Å². The van der Waals surface area contributed by atoms with Crippen molar-refractivity contribution in [3.8, 4) is 11.8 Å². The van der Waals surface area contributed by atoms with E-state index in [-0.39, 0.29) is 6.04 Å². The minimum absolute atomic E-state index is 0.348. The van der Waals surface area contributed by atoms with Gasteiger partial charge in [0.25, 0.3) is 0 Å². The normalized spacial score (nSPS) is 18.2. The van der Waals surface area contributed by atoms with Crippen LogP contribution in [-0.2, 0) is 4.74 Å². The maximum absolute atomic E-state index is 13.2. The topological polar surface area (TPSA) is 64.1 Å². The number of carbonyl (C=O) groups is 1. The lowest BCUT2D eigenvalue weighted by molar-refractivity contribution is 0.132. The van der Waals surface area contributed by atoms with Crippen LogP contribution in [0.2, 0.25) is 0 Å². The van der Waals surface area contributed by atoms with Crippen molar-refractivity contribution in [3.05, 3.63) is 95.3 Å². The van der Waals surface area contributed by atoms with E-state index in [0.717, 1.165) is 22.9 Å². The van der Waals surface area contributed by atoms with Crippen LogP contribution in [0.3, 0.4) is 0 Å². The number of nitrogens with zero attached hydrogens (tertiary/aromatic N) is 2. The first-order chi connectivity index (χ1) is 13.2. The number of amides is 1. The Balaban J connectivity index is 1.63. The summed E-state index contributed by atoms with van der Waals surface area (Å²) in [7, 11) is 0. The van der Waals surface area contributed by atoms with Gasteiger partial charge in [-0.05, 0) is 29.8 Å². The number of hydrogen-bond donors (Lipinski definition) is 1. The SMILES string of the molecule is O=C1N[C@H](c2cccc(C#Cc3cncc(F)c3)c2)[C@@H](c2cccnc2)O1. The van der Waals surface area contributed by atoms with Crippen LogP contribution in [0.4, 0.5) is 9.18 Å². The van der Waals surface area contributed by atoms with Gasteiger partial charge in [-0.25, -0.2) is 9.18 Å². The minimum atomic E-state index is -0.476. The van der Waals surface area contributed by atoms with Crippen molar-refractivity contribution in [2.75, 3.05) is 0 Å². The molecule has 27 heavy (non-hydrogen) atoms. The number of hydrogen-bond acceptors (Lipinski definition) is 4. The van der Waals surface area contributed by atoms with E-state index in [0.29, 0.717) is 5.56 Å². The number of ether oxygens (including phenoxy) is 1. The fourth-order valence-electron chi connectivity index (χ4n) is 2.92. The predicted molar refractivity (Wildman–Crippen MR) is 96.0 cm³/mol. The molecule has 1 fully saturated rings. The lowest BCUT2D eigenvalue weighted by Crippen LogP contribution is -2.19. The minimum Gasteiger partial charge on any atom is -0.439 e. The highest BCUT2D eigenvalue weighted by atomic mass is 19.1. The van der Waals surface area contributed by atoms with E-state index in [2.05, 4.69) is 27.1 Å². The predicted octanol–water partition coefficient (Wildman–Crippen LogP) is 3.54. The number of rotatable bonds is 2. The molecule has 1 aliphatic heterocycles. The van der Waals surface area contributed by atoms with Crippen molar-refractivity contribution in [3.63, 3.8) is 0 Å². The number of alkyl carbamates (subject to hydrolysis) is 1. The molecule has 2 aromatic heterocycles. The summed E-state index contributed by atoms with van der Waals surface area (Å²) in [6.07, 6.45) is 5.04. The van der Waals surface area contributed by atoms with E-state index in [9.17, 15) is 9.18 Å². The van der Waals surface area contributed by atoms with Crippen molar-refractivity contribution in [2.45, 2.75) is 12.1 Å². The van der Waals surface area contributed by atoms with E-state index >= 15 is 0 Å². The number of cyclic esters (lactones) is 1. The number of aromatic nitrogens is 2. The third-order valence-corrected chi connectivity index (χ3v) is 4.12. The summed E-state index contributed by atoms with van der Waals surface area (Å²) in [5.74, 6) is 5.46. The molecule has 0 radical (unpaired) electrons. The van der Waals surface area contributed by atoms with Gasteiger partial charge in [-0.3, -0.25) is 9.97 Å². The molecule has 132 valence electrons. The Kier molecular flexibility index (Phi) is 4.50. The molecular weight excluding hydrogens is 345 g/mol. The van der Waals surface area contributed by atoms with Gasteiger partial charge in [0, 0.05) is 35.3 Å². The van der Waals surface area contributed by atoms with E-state index in [1.54, 1.807) is 18.5 Å². The molecular formula is C21H14FN3O2. The Hall–Kier alpha value is -3.72. The summed E-state index contributed by atoms with van der Waals surface area (Å²) in [5, 5.41) is 2.83. The van der Waals surface area contributed by atoms with Crippen LogP contribution in [-0.4, -0.2) is 16.1 Å². The first kappa shape index (κ1) is 16.7. The second kappa shape index (κ2) is 7.26. The Morgan fingerprint density at radius 1 is 0.963 bits per heavy atom. The van der Waals surface area contributed by atoms with Gasteiger partial charge in [0.2, 0.25) is 0 Å². The zero-order valence-corrected chi connectivity index (χ0v) is 14.1. The Morgan fingerprint density at radius 2 is 1.81 bits per heavy atom. The first-order valence-corrected chi connectivity index (χ1v) is 8.29. The molecule has 0 unspecified atom stereocenters. The number of carbonyl (C=O) groups excluding carboxylic acids is 1. The summed E-state index contributed by atoms with van der Waals surface area (Å²) < 4.78 is 18.6. The molecule has 0 saturated carbocycles. The van der Waals surface area contributed by atoms with Gasteiger partial charge >= 0.3 is 6.09 Å². The second-order valence-electron chi connectivity index (χ2n) is 6.00. The average molecular weight is 359 g/mol. The number of pyridine rings is 2. The van der Waals surface area contributed by atoms with Crippen LogP contribution in [0.1, 0.15) is 34.4 Å². The summed E-state index contributed by atoms with van der Waals surface area (Å²) >= 11 is 0. The van der Waals surface area contributed by atoms with Crippen LogP contribution >= 0.6 is 0 Å². The summed E-state index contributed by atoms with van der Waals surface area (Å²) in [5.41, 5.74) is 2.90. The standard InChI is InChI=1S/C21H14FN3O2/c22-18-10-15(11-24-13-18)7-6-14-3-1-4-16(9-14)19-20(27-21(26)25-19)17-5-2-8-23-12-17/h1-5,8-13,19-20H,(H,25,26)/t19-,20-/m1/s1. The second-order valence-corrected chi connectivity index (χ2v) is 6.00. The molecule has 0 bridgehead atoms. The number of benzene rings is 1. The van der Waals surface area contributed by atoms with Crippen LogP contribution in [0, 0.1) is 17.7 Å². The average Bonchev–Trinajstić information content (AvgIpc) is 3.09. The molecule has 6 heteroatoms. The largest absolute Gasteiger partial charge is 0.439 e. The summed E-state index contributed by atoms with van der Waals surface area (Å²) in [4.78, 5) is 19.7. The number of nitrogens with one attached hydrogen (secondary N) is 1. The molecule has 0 spiro atoms. The molecule has 3 heterocycles. The van der Waals surface area contributed by atoms with Crippen LogP contribution in [0.5, 0.6) is 0 Å². The smallest absolute Gasteiger partial charge is 0.408 e. The molecule has 1 aromatic carbocycles. The van der Waals surface area contributed by atoms with Gasteiger partial charge in [-0.2, -0.15) is 0 Å². The van der Waals surface area contributed by atoms with Gasteiger partial charge < -0.3 is 10.1 Å². The fraction of sp³-hybridized carbons (Fsp3) is 0.0952. The van der Waals surface area contributed by atoms with Crippen molar-refractivity contribution >= 4 is 6.09 Å². The van der Waals surface area contributed by atoms with Crippen LogP contribution in [0.15, 0.2) is 67.3 Å². The van der Waals surface area contributed by atoms with Gasteiger partial charge in [0.05, 0.1) is 12.2 Å². The molecule has 4 rings (SSSR count). The van der Waals surface area contributed by atoms with E-state index in [1.807, 2.05) is 30.3 Å². The van der Waals surface area contributed by atoms with Crippen molar-refractivity contribution in [2.24, 2.45) is 0 Å². The van der Waals surface area contributed by atoms with E-state index in [1.165, 1.54) is 12.3 Å². The van der Waals surface area contributed by atoms with Crippen molar-refractivity contribution in [1.82, 2.24) is 15.3 Å². The maximum atomic E-state index is 13.2. The highest BCUT2D eigenvalue weighted by Gasteiger charge is 2.36. The third kappa shape index (κ3) is 3.77. The van der Waals surface area contributed by atoms with Crippen molar-refractivity contribution < 1.29 is 13.9 Å². The molecule has 1 amide bonds. The quantitative estimate of drug-likeness (QED) is 0.711. The summed E-state index contributed by atoms with van der Waals surface area (Å²) in [6, 6.07) is 12.1. The molecule has 0 aliphatic carbocycles. The van der Waals surface area contributed by atoms with Crippen LogP contribution < -0.4 is 5.32 Å². The lowest BCUT2D eigenvalue weighted by atomic mass is 9.96. The maximum Gasteiger partial charge on any atom is 0.408 e. The number of halogens is 1. The fourth-order valence-corrected chi connectivity index (χ4v) is 2.92. The zero-order chi connectivity index (χ0) is 18.6. The summed E-state index contributed by atoms with van der Waals surface area (Å²) in [6.45, 7) is 0. The Labute approximate surface area is 155 Å². The molecule has 3 aromatic rings. The van der Waals surface area contributed by atoms with Gasteiger partial charge in [0.15, 0.2) is 6.10 Å². The van der Waals surface area contributed by atoms with E-state index < -0.39 is 18.0 Å².